The number of benzene rings is 1. The Balaban J connectivity index is 2.09. The van der Waals surface area contributed by atoms with Crippen LogP contribution in [0.2, 0.25) is 0 Å². The van der Waals surface area contributed by atoms with E-state index >= 15 is 0 Å². The van der Waals surface area contributed by atoms with E-state index in [0.29, 0.717) is 6.54 Å². The number of hydrogen-bond acceptors (Lipinski definition) is 2. The summed E-state index contributed by atoms with van der Waals surface area (Å²) in [5.41, 5.74) is 7.69. The molecule has 2 rings (SSSR count). The number of alkyl halides is 3. The van der Waals surface area contributed by atoms with E-state index in [2.05, 4.69) is 4.74 Å². The highest BCUT2D eigenvalue weighted by atomic mass is 19.4. The van der Waals surface area contributed by atoms with E-state index < -0.39 is 6.36 Å². The fourth-order valence-electron chi connectivity index (χ4n) is 1.98. The van der Waals surface area contributed by atoms with Gasteiger partial charge in [-0.05, 0) is 36.8 Å². The minimum atomic E-state index is -4.66. The number of hydrogen-bond donors (Lipinski definition) is 1. The van der Waals surface area contributed by atoms with E-state index in [9.17, 15) is 13.2 Å². The molecule has 0 bridgehead atoms. The van der Waals surface area contributed by atoms with Crippen LogP contribution in [0.15, 0.2) is 42.6 Å². The summed E-state index contributed by atoms with van der Waals surface area (Å²) in [5, 5.41) is 0. The molecule has 0 aliphatic carbocycles. The second kappa shape index (κ2) is 5.58. The molecular formula is C14H15F3N2O. The van der Waals surface area contributed by atoms with Crippen LogP contribution >= 0.6 is 0 Å². The molecule has 0 radical (unpaired) electrons. The summed E-state index contributed by atoms with van der Waals surface area (Å²) in [6.07, 6.45) is -2.77. The zero-order valence-electron chi connectivity index (χ0n) is 10.9. The van der Waals surface area contributed by atoms with Gasteiger partial charge in [0.15, 0.2) is 0 Å². The number of aromatic nitrogens is 1. The first kappa shape index (κ1) is 14.5. The fourth-order valence-corrected chi connectivity index (χ4v) is 1.98. The van der Waals surface area contributed by atoms with Crippen molar-refractivity contribution in [2.45, 2.75) is 25.9 Å². The number of nitrogens with two attached hydrogens (primary N) is 1. The summed E-state index contributed by atoms with van der Waals surface area (Å²) in [4.78, 5) is 0. The van der Waals surface area contributed by atoms with Crippen molar-refractivity contribution in [3.8, 4) is 5.75 Å². The Labute approximate surface area is 114 Å². The van der Waals surface area contributed by atoms with E-state index in [-0.39, 0.29) is 11.8 Å². The van der Waals surface area contributed by atoms with Crippen LogP contribution in [0.4, 0.5) is 13.2 Å². The molecule has 1 unspecified atom stereocenters. The molecule has 0 saturated carbocycles. The molecule has 1 aromatic heterocycles. The van der Waals surface area contributed by atoms with Crippen molar-refractivity contribution in [3.63, 3.8) is 0 Å². The van der Waals surface area contributed by atoms with Crippen molar-refractivity contribution in [2.24, 2.45) is 5.73 Å². The lowest BCUT2D eigenvalue weighted by atomic mass is 10.2. The van der Waals surface area contributed by atoms with Crippen molar-refractivity contribution < 1.29 is 17.9 Å². The maximum Gasteiger partial charge on any atom is 0.573 e. The molecule has 1 heterocycles. The molecule has 1 aromatic carbocycles. The van der Waals surface area contributed by atoms with Crippen LogP contribution in [-0.2, 0) is 6.54 Å². The first-order valence-electron chi connectivity index (χ1n) is 6.10. The Morgan fingerprint density at radius 2 is 1.85 bits per heavy atom. The Morgan fingerprint density at radius 3 is 2.40 bits per heavy atom. The first-order valence-corrected chi connectivity index (χ1v) is 6.10. The highest BCUT2D eigenvalue weighted by molar-refractivity contribution is 5.28. The van der Waals surface area contributed by atoms with Crippen LogP contribution in [0.1, 0.15) is 24.2 Å². The van der Waals surface area contributed by atoms with Crippen LogP contribution in [0.3, 0.4) is 0 Å². The van der Waals surface area contributed by atoms with Gasteiger partial charge in [0.2, 0.25) is 0 Å². The predicted molar refractivity (Wildman–Crippen MR) is 69.3 cm³/mol. The highest BCUT2D eigenvalue weighted by Crippen LogP contribution is 2.23. The predicted octanol–water partition coefficient (Wildman–Crippen LogP) is 3.45. The Hall–Kier alpha value is -1.95. The van der Waals surface area contributed by atoms with E-state index in [4.69, 9.17) is 5.73 Å². The summed E-state index contributed by atoms with van der Waals surface area (Å²) >= 11 is 0. The quantitative estimate of drug-likeness (QED) is 0.934. The molecule has 0 fully saturated rings. The van der Waals surface area contributed by atoms with Crippen LogP contribution in [-0.4, -0.2) is 10.9 Å². The molecule has 108 valence electrons. The molecule has 6 heteroatoms. The van der Waals surface area contributed by atoms with Gasteiger partial charge in [0.05, 0.1) is 0 Å². The fraction of sp³-hybridized carbons (Fsp3) is 0.286. The Kier molecular flexibility index (Phi) is 4.04. The molecule has 20 heavy (non-hydrogen) atoms. The van der Waals surface area contributed by atoms with Gasteiger partial charge in [-0.2, -0.15) is 0 Å². The number of ether oxygens (including phenoxy) is 1. The Morgan fingerprint density at radius 1 is 1.20 bits per heavy atom. The zero-order valence-corrected chi connectivity index (χ0v) is 10.9. The Bertz CT molecular complexity index is 559. The topological polar surface area (TPSA) is 40.2 Å². The van der Waals surface area contributed by atoms with Gasteiger partial charge in [-0.15, -0.1) is 13.2 Å². The van der Waals surface area contributed by atoms with Gasteiger partial charge in [0, 0.05) is 24.5 Å². The number of nitrogens with zero attached hydrogens (tertiary/aromatic N) is 1. The van der Waals surface area contributed by atoms with Crippen molar-refractivity contribution in [1.29, 1.82) is 0 Å². The molecule has 0 aliphatic heterocycles. The maximum atomic E-state index is 12.0. The SMILES string of the molecule is CC(N)c1cccn1Cc1ccc(OC(F)(F)F)cc1. The van der Waals surface area contributed by atoms with E-state index in [0.717, 1.165) is 11.3 Å². The lowest BCUT2D eigenvalue weighted by Crippen LogP contribution is -2.17. The third-order valence-electron chi connectivity index (χ3n) is 2.84. The largest absolute Gasteiger partial charge is 0.573 e. The molecule has 2 N–H and O–H groups in total. The zero-order chi connectivity index (χ0) is 14.8. The third-order valence-corrected chi connectivity index (χ3v) is 2.84. The van der Waals surface area contributed by atoms with Gasteiger partial charge in [-0.25, -0.2) is 0 Å². The molecule has 3 nitrogen and oxygen atoms in total. The van der Waals surface area contributed by atoms with Gasteiger partial charge in [-0.1, -0.05) is 12.1 Å². The second-order valence-corrected chi connectivity index (χ2v) is 4.54. The summed E-state index contributed by atoms with van der Waals surface area (Å²) in [7, 11) is 0. The molecule has 0 aliphatic rings. The van der Waals surface area contributed by atoms with Gasteiger partial charge >= 0.3 is 6.36 Å². The molecule has 0 saturated heterocycles. The lowest BCUT2D eigenvalue weighted by Gasteiger charge is -2.13. The summed E-state index contributed by atoms with van der Waals surface area (Å²) in [5.74, 6) is -0.221. The molecule has 1 atom stereocenters. The minimum Gasteiger partial charge on any atom is -0.406 e. The van der Waals surface area contributed by atoms with Crippen molar-refractivity contribution >= 4 is 0 Å². The van der Waals surface area contributed by atoms with Crippen molar-refractivity contribution in [2.75, 3.05) is 0 Å². The first-order chi connectivity index (χ1) is 9.35. The monoisotopic (exact) mass is 284 g/mol. The maximum absolute atomic E-state index is 12.0. The summed E-state index contributed by atoms with van der Waals surface area (Å²) < 4.78 is 41.9. The normalized spacial score (nSPS) is 13.2. The summed E-state index contributed by atoms with van der Waals surface area (Å²) in [6.45, 7) is 2.43. The van der Waals surface area contributed by atoms with Crippen LogP contribution < -0.4 is 10.5 Å². The van der Waals surface area contributed by atoms with Crippen molar-refractivity contribution in [3.05, 3.63) is 53.9 Å². The molecular weight excluding hydrogens is 269 g/mol. The molecule has 0 spiro atoms. The average molecular weight is 284 g/mol. The van der Waals surface area contributed by atoms with Crippen LogP contribution in [0.5, 0.6) is 5.75 Å². The smallest absolute Gasteiger partial charge is 0.406 e. The van der Waals surface area contributed by atoms with E-state index in [1.54, 1.807) is 12.1 Å². The standard InChI is InChI=1S/C14H15F3N2O/c1-10(18)13-3-2-8-19(13)9-11-4-6-12(7-5-11)20-14(15,16)17/h2-8,10H,9,18H2,1H3. The average Bonchev–Trinajstić information content (AvgIpc) is 2.78. The second-order valence-electron chi connectivity index (χ2n) is 4.54. The van der Waals surface area contributed by atoms with Crippen LogP contribution in [0, 0.1) is 0 Å². The van der Waals surface area contributed by atoms with Gasteiger partial charge in [-0.3, -0.25) is 0 Å². The van der Waals surface area contributed by atoms with Crippen LogP contribution in [0.25, 0.3) is 0 Å². The number of halogens is 3. The van der Waals surface area contributed by atoms with Gasteiger partial charge in [0.25, 0.3) is 0 Å². The van der Waals surface area contributed by atoms with Gasteiger partial charge in [0.1, 0.15) is 5.75 Å². The molecule has 2 aromatic rings. The minimum absolute atomic E-state index is 0.0992. The summed E-state index contributed by atoms with van der Waals surface area (Å²) in [6, 6.07) is 9.53. The number of rotatable bonds is 4. The molecule has 0 amide bonds. The van der Waals surface area contributed by atoms with Gasteiger partial charge < -0.3 is 15.0 Å². The van der Waals surface area contributed by atoms with E-state index in [1.165, 1.54) is 12.1 Å². The van der Waals surface area contributed by atoms with Crippen molar-refractivity contribution in [1.82, 2.24) is 4.57 Å². The highest BCUT2D eigenvalue weighted by Gasteiger charge is 2.30. The third kappa shape index (κ3) is 3.77. The van der Waals surface area contributed by atoms with E-state index in [1.807, 2.05) is 29.8 Å². The lowest BCUT2D eigenvalue weighted by molar-refractivity contribution is -0.274.